The number of hydrogen-bond donors (Lipinski definition) is 1. The Balaban J connectivity index is 2.20. The van der Waals surface area contributed by atoms with Crippen molar-refractivity contribution in [1.29, 1.82) is 0 Å². The highest BCUT2D eigenvalue weighted by Crippen LogP contribution is 2.22. The Morgan fingerprint density at radius 1 is 1.35 bits per heavy atom. The molecule has 0 spiro atoms. The first-order valence-electron chi connectivity index (χ1n) is 6.19. The molecule has 0 radical (unpaired) electrons. The quantitative estimate of drug-likeness (QED) is 0.851. The Morgan fingerprint density at radius 3 is 2.90 bits per heavy atom. The highest BCUT2D eigenvalue weighted by molar-refractivity contribution is 5.95. The van der Waals surface area contributed by atoms with Crippen molar-refractivity contribution in [2.24, 2.45) is 0 Å². The van der Waals surface area contributed by atoms with Gasteiger partial charge in [-0.3, -0.25) is 9.78 Å². The lowest BCUT2D eigenvalue weighted by Gasteiger charge is -2.07. The fraction of sp³-hybridized carbons (Fsp3) is 0.200. The van der Waals surface area contributed by atoms with Gasteiger partial charge in [-0.2, -0.15) is 0 Å². The molecule has 0 unspecified atom stereocenters. The van der Waals surface area contributed by atoms with E-state index < -0.39 is 0 Å². The van der Waals surface area contributed by atoms with Crippen molar-refractivity contribution in [3.63, 3.8) is 0 Å². The van der Waals surface area contributed by atoms with Gasteiger partial charge in [0.25, 0.3) is 5.91 Å². The third-order valence-electron chi connectivity index (χ3n) is 2.78. The van der Waals surface area contributed by atoms with Crippen molar-refractivity contribution in [3.05, 3.63) is 54.1 Å². The van der Waals surface area contributed by atoms with Gasteiger partial charge >= 0.3 is 0 Å². The van der Waals surface area contributed by atoms with E-state index in [2.05, 4.69) is 10.3 Å². The van der Waals surface area contributed by atoms with Gasteiger partial charge in [-0.05, 0) is 12.1 Å². The highest BCUT2D eigenvalue weighted by atomic mass is 19.1. The minimum atomic E-state index is -0.341. The van der Waals surface area contributed by atoms with Crippen LogP contribution in [-0.2, 0) is 4.74 Å². The van der Waals surface area contributed by atoms with Crippen LogP contribution >= 0.6 is 0 Å². The molecular formula is C15H15FN2O2. The summed E-state index contributed by atoms with van der Waals surface area (Å²) in [6.07, 6.45) is 2.98. The Kier molecular flexibility index (Phi) is 4.79. The minimum absolute atomic E-state index is 0.257. The molecule has 1 N–H and O–H groups in total. The SMILES string of the molecule is COCCNC(=O)c1cncc(-c2ccccc2F)c1. The smallest absolute Gasteiger partial charge is 0.252 e. The minimum Gasteiger partial charge on any atom is -0.383 e. The molecule has 104 valence electrons. The summed E-state index contributed by atoms with van der Waals surface area (Å²) in [5, 5.41) is 2.70. The predicted molar refractivity (Wildman–Crippen MR) is 73.8 cm³/mol. The van der Waals surface area contributed by atoms with Gasteiger partial charge in [-0.1, -0.05) is 18.2 Å². The van der Waals surface area contributed by atoms with Crippen LogP contribution in [0.2, 0.25) is 0 Å². The lowest BCUT2D eigenvalue weighted by molar-refractivity contribution is 0.0937. The van der Waals surface area contributed by atoms with Gasteiger partial charge < -0.3 is 10.1 Å². The van der Waals surface area contributed by atoms with Crippen LogP contribution in [0, 0.1) is 5.82 Å². The van der Waals surface area contributed by atoms with Gasteiger partial charge in [0.15, 0.2) is 0 Å². The van der Waals surface area contributed by atoms with Crippen LogP contribution in [0.15, 0.2) is 42.7 Å². The molecule has 1 aromatic carbocycles. The third kappa shape index (κ3) is 3.39. The lowest BCUT2D eigenvalue weighted by Crippen LogP contribution is -2.27. The molecule has 0 aliphatic rings. The molecule has 0 saturated carbocycles. The molecule has 1 aromatic heterocycles. The fourth-order valence-corrected chi connectivity index (χ4v) is 1.78. The maximum absolute atomic E-state index is 13.7. The number of methoxy groups -OCH3 is 1. The van der Waals surface area contributed by atoms with Gasteiger partial charge in [0.2, 0.25) is 0 Å². The first-order valence-corrected chi connectivity index (χ1v) is 6.19. The van der Waals surface area contributed by atoms with E-state index in [1.807, 2.05) is 0 Å². The molecule has 2 rings (SSSR count). The zero-order chi connectivity index (χ0) is 14.4. The van der Waals surface area contributed by atoms with Crippen molar-refractivity contribution in [2.75, 3.05) is 20.3 Å². The highest BCUT2D eigenvalue weighted by Gasteiger charge is 2.09. The number of pyridine rings is 1. The number of carbonyl (C=O) groups is 1. The summed E-state index contributed by atoms with van der Waals surface area (Å²) in [7, 11) is 1.56. The van der Waals surface area contributed by atoms with E-state index in [1.54, 1.807) is 31.4 Å². The molecule has 5 heteroatoms. The van der Waals surface area contributed by atoms with Crippen LogP contribution in [0.4, 0.5) is 4.39 Å². The third-order valence-corrected chi connectivity index (χ3v) is 2.78. The summed E-state index contributed by atoms with van der Waals surface area (Å²) < 4.78 is 18.6. The number of halogens is 1. The van der Waals surface area contributed by atoms with E-state index >= 15 is 0 Å². The van der Waals surface area contributed by atoms with E-state index in [0.29, 0.717) is 29.8 Å². The van der Waals surface area contributed by atoms with Crippen LogP contribution in [0.1, 0.15) is 10.4 Å². The van der Waals surface area contributed by atoms with Crippen LogP contribution in [0.25, 0.3) is 11.1 Å². The molecule has 0 bridgehead atoms. The number of carbonyl (C=O) groups excluding carboxylic acids is 1. The number of amides is 1. The summed E-state index contributed by atoms with van der Waals surface area (Å²) in [6.45, 7) is 0.853. The Hall–Kier alpha value is -2.27. The second-order valence-corrected chi connectivity index (χ2v) is 4.19. The summed E-state index contributed by atoms with van der Waals surface area (Å²) in [5.41, 5.74) is 1.39. The molecule has 4 nitrogen and oxygen atoms in total. The Labute approximate surface area is 116 Å². The van der Waals surface area contributed by atoms with Crippen molar-refractivity contribution in [3.8, 4) is 11.1 Å². The molecule has 2 aromatic rings. The molecule has 0 aliphatic heterocycles. The number of nitrogens with zero attached hydrogens (tertiary/aromatic N) is 1. The number of aromatic nitrogens is 1. The Morgan fingerprint density at radius 2 is 2.15 bits per heavy atom. The number of ether oxygens (including phenoxy) is 1. The van der Waals surface area contributed by atoms with E-state index in [9.17, 15) is 9.18 Å². The van der Waals surface area contributed by atoms with Crippen molar-refractivity contribution in [1.82, 2.24) is 10.3 Å². The number of benzene rings is 1. The maximum atomic E-state index is 13.7. The van der Waals surface area contributed by atoms with Crippen LogP contribution in [0.5, 0.6) is 0 Å². The number of rotatable bonds is 5. The van der Waals surface area contributed by atoms with Crippen LogP contribution < -0.4 is 5.32 Å². The lowest BCUT2D eigenvalue weighted by atomic mass is 10.1. The fourth-order valence-electron chi connectivity index (χ4n) is 1.78. The van der Waals surface area contributed by atoms with E-state index in [4.69, 9.17) is 4.74 Å². The average Bonchev–Trinajstić information content (AvgIpc) is 2.48. The maximum Gasteiger partial charge on any atom is 0.252 e. The molecule has 1 heterocycles. The zero-order valence-corrected chi connectivity index (χ0v) is 11.1. The van der Waals surface area contributed by atoms with Crippen molar-refractivity contribution >= 4 is 5.91 Å². The van der Waals surface area contributed by atoms with Crippen molar-refractivity contribution in [2.45, 2.75) is 0 Å². The van der Waals surface area contributed by atoms with Gasteiger partial charge in [0.05, 0.1) is 12.2 Å². The van der Waals surface area contributed by atoms with Gasteiger partial charge in [0, 0.05) is 37.2 Å². The summed E-state index contributed by atoms with van der Waals surface area (Å²) in [5.74, 6) is -0.598. The normalized spacial score (nSPS) is 10.3. The standard InChI is InChI=1S/C15H15FN2O2/c1-20-7-6-18-15(19)12-8-11(9-17-10-12)13-4-2-3-5-14(13)16/h2-5,8-10H,6-7H2,1H3,(H,18,19). The van der Waals surface area contributed by atoms with Gasteiger partial charge in [0.1, 0.15) is 5.82 Å². The van der Waals surface area contributed by atoms with Gasteiger partial charge in [-0.15, -0.1) is 0 Å². The summed E-state index contributed by atoms with van der Waals surface area (Å²) >= 11 is 0. The average molecular weight is 274 g/mol. The molecular weight excluding hydrogens is 259 g/mol. The van der Waals surface area contributed by atoms with Crippen LogP contribution in [0.3, 0.4) is 0 Å². The molecule has 1 amide bonds. The second kappa shape index (κ2) is 6.77. The van der Waals surface area contributed by atoms with Gasteiger partial charge in [-0.25, -0.2) is 4.39 Å². The molecule has 0 atom stereocenters. The first kappa shape index (κ1) is 14.1. The van der Waals surface area contributed by atoms with E-state index in [0.717, 1.165) is 0 Å². The first-order chi connectivity index (χ1) is 9.72. The van der Waals surface area contributed by atoms with E-state index in [-0.39, 0.29) is 11.7 Å². The van der Waals surface area contributed by atoms with E-state index in [1.165, 1.54) is 18.5 Å². The monoisotopic (exact) mass is 274 g/mol. The largest absolute Gasteiger partial charge is 0.383 e. The topological polar surface area (TPSA) is 51.2 Å². The molecule has 0 fully saturated rings. The number of nitrogens with one attached hydrogen (secondary N) is 1. The number of hydrogen-bond acceptors (Lipinski definition) is 3. The Bertz CT molecular complexity index is 602. The molecule has 0 aliphatic carbocycles. The van der Waals surface area contributed by atoms with Crippen molar-refractivity contribution < 1.29 is 13.9 Å². The summed E-state index contributed by atoms with van der Waals surface area (Å²) in [4.78, 5) is 15.9. The molecule has 20 heavy (non-hydrogen) atoms. The van der Waals surface area contributed by atoms with Crippen LogP contribution in [-0.4, -0.2) is 31.2 Å². The zero-order valence-electron chi connectivity index (χ0n) is 11.1. The summed E-state index contributed by atoms with van der Waals surface area (Å²) in [6, 6.07) is 8.00. The predicted octanol–water partition coefficient (Wildman–Crippen LogP) is 2.26. The molecule has 0 saturated heterocycles. The second-order valence-electron chi connectivity index (χ2n) is 4.19.